The number of anilines is 2. The molecule has 1 aromatic carbocycles. The lowest BCUT2D eigenvalue weighted by molar-refractivity contribution is 0.568. The van der Waals surface area contributed by atoms with Gasteiger partial charge >= 0.3 is 0 Å². The highest BCUT2D eigenvalue weighted by Crippen LogP contribution is 2.17. The third-order valence-corrected chi connectivity index (χ3v) is 4.13. The Morgan fingerprint density at radius 2 is 2.00 bits per heavy atom. The average molecular weight is 317 g/mol. The van der Waals surface area contributed by atoms with Gasteiger partial charge < -0.3 is 10.2 Å². The van der Waals surface area contributed by atoms with Gasteiger partial charge in [-0.1, -0.05) is 23.7 Å². The lowest BCUT2D eigenvalue weighted by Gasteiger charge is -2.26. The first-order valence-corrected chi connectivity index (χ1v) is 8.25. The number of rotatable bonds is 5. The Hall–Kier alpha value is -1.81. The Labute approximate surface area is 136 Å². The summed E-state index contributed by atoms with van der Waals surface area (Å²) < 4.78 is 0. The molecule has 1 aromatic heterocycles. The van der Waals surface area contributed by atoms with Crippen LogP contribution in [0.2, 0.25) is 5.02 Å². The molecule has 1 N–H and O–H groups in total. The van der Waals surface area contributed by atoms with Crippen LogP contribution in [0.3, 0.4) is 0 Å². The minimum absolute atomic E-state index is 0.784. The minimum atomic E-state index is 0.784. The van der Waals surface area contributed by atoms with Gasteiger partial charge in [0.2, 0.25) is 5.95 Å². The number of aromatic nitrogens is 2. The van der Waals surface area contributed by atoms with Gasteiger partial charge in [0.1, 0.15) is 5.82 Å². The van der Waals surface area contributed by atoms with Crippen molar-refractivity contribution in [1.82, 2.24) is 9.97 Å². The highest BCUT2D eigenvalue weighted by Gasteiger charge is 2.13. The van der Waals surface area contributed by atoms with Crippen LogP contribution in [0, 0.1) is 0 Å². The predicted molar refractivity (Wildman–Crippen MR) is 91.7 cm³/mol. The highest BCUT2D eigenvalue weighted by atomic mass is 35.5. The lowest BCUT2D eigenvalue weighted by Crippen LogP contribution is -2.31. The van der Waals surface area contributed by atoms with Crippen molar-refractivity contribution >= 4 is 23.4 Å². The van der Waals surface area contributed by atoms with E-state index in [9.17, 15) is 0 Å². The summed E-state index contributed by atoms with van der Waals surface area (Å²) in [6.07, 6.45) is 6.53. The van der Waals surface area contributed by atoms with E-state index in [0.717, 1.165) is 42.8 Å². The zero-order valence-electron chi connectivity index (χ0n) is 12.6. The molecule has 116 valence electrons. The molecule has 1 fully saturated rings. The SMILES string of the molecule is Clc1cccc(CCNc2ccnc(N3CCCCC3)n2)c1. The van der Waals surface area contributed by atoms with Gasteiger partial charge in [0, 0.05) is 30.9 Å². The zero-order valence-corrected chi connectivity index (χ0v) is 13.4. The molecule has 0 amide bonds. The maximum atomic E-state index is 6.00. The van der Waals surface area contributed by atoms with Gasteiger partial charge in [-0.2, -0.15) is 4.98 Å². The van der Waals surface area contributed by atoms with E-state index < -0.39 is 0 Å². The van der Waals surface area contributed by atoms with Gasteiger partial charge in [-0.15, -0.1) is 0 Å². The summed E-state index contributed by atoms with van der Waals surface area (Å²) in [5.41, 5.74) is 1.23. The van der Waals surface area contributed by atoms with Gasteiger partial charge in [-0.05, 0) is 49.4 Å². The summed E-state index contributed by atoms with van der Waals surface area (Å²) in [5, 5.41) is 4.16. The summed E-state index contributed by atoms with van der Waals surface area (Å²) >= 11 is 6.00. The number of piperidine rings is 1. The largest absolute Gasteiger partial charge is 0.370 e. The molecule has 0 radical (unpaired) electrons. The van der Waals surface area contributed by atoms with Crippen molar-refractivity contribution in [2.45, 2.75) is 25.7 Å². The van der Waals surface area contributed by atoms with Crippen molar-refractivity contribution in [3.8, 4) is 0 Å². The normalized spacial score (nSPS) is 14.9. The van der Waals surface area contributed by atoms with Crippen LogP contribution in [-0.2, 0) is 6.42 Å². The number of hydrogen-bond donors (Lipinski definition) is 1. The topological polar surface area (TPSA) is 41.1 Å². The van der Waals surface area contributed by atoms with Gasteiger partial charge in [0.15, 0.2) is 0 Å². The average Bonchev–Trinajstić information content (AvgIpc) is 2.56. The molecule has 0 atom stereocenters. The summed E-state index contributed by atoms with van der Waals surface area (Å²) in [4.78, 5) is 11.3. The van der Waals surface area contributed by atoms with Crippen LogP contribution in [-0.4, -0.2) is 29.6 Å². The van der Waals surface area contributed by atoms with Gasteiger partial charge in [0.25, 0.3) is 0 Å². The standard InChI is InChI=1S/C17H21ClN4/c18-15-6-4-5-14(13-15)7-9-19-16-8-10-20-17(21-16)22-11-2-1-3-12-22/h4-6,8,10,13H,1-3,7,9,11-12H2,(H,19,20,21). The first-order chi connectivity index (χ1) is 10.8. The molecule has 3 rings (SSSR count). The van der Waals surface area contributed by atoms with E-state index in [4.69, 9.17) is 11.6 Å². The summed E-state index contributed by atoms with van der Waals surface area (Å²) in [6.45, 7) is 2.95. The molecule has 1 aliphatic heterocycles. The van der Waals surface area contributed by atoms with Crippen LogP contribution >= 0.6 is 11.6 Å². The molecule has 0 unspecified atom stereocenters. The molecule has 0 spiro atoms. The van der Waals surface area contributed by atoms with Crippen molar-refractivity contribution in [2.75, 3.05) is 29.9 Å². The molecule has 1 saturated heterocycles. The lowest BCUT2D eigenvalue weighted by atomic mass is 10.1. The van der Waals surface area contributed by atoms with Crippen LogP contribution in [0.25, 0.3) is 0 Å². The summed E-state index contributed by atoms with van der Waals surface area (Å²) in [7, 11) is 0. The number of nitrogens with zero attached hydrogens (tertiary/aromatic N) is 3. The second-order valence-electron chi connectivity index (χ2n) is 5.60. The van der Waals surface area contributed by atoms with Crippen LogP contribution in [0.15, 0.2) is 36.5 Å². The van der Waals surface area contributed by atoms with E-state index in [1.54, 1.807) is 0 Å². The van der Waals surface area contributed by atoms with Gasteiger partial charge in [0.05, 0.1) is 0 Å². The van der Waals surface area contributed by atoms with Gasteiger partial charge in [-0.25, -0.2) is 4.98 Å². The third-order valence-electron chi connectivity index (χ3n) is 3.89. The molecule has 2 heterocycles. The fourth-order valence-corrected chi connectivity index (χ4v) is 2.93. The van der Waals surface area contributed by atoms with Crippen LogP contribution in [0.1, 0.15) is 24.8 Å². The van der Waals surface area contributed by atoms with E-state index in [2.05, 4.69) is 26.3 Å². The first-order valence-electron chi connectivity index (χ1n) is 7.87. The van der Waals surface area contributed by atoms with Gasteiger partial charge in [-0.3, -0.25) is 0 Å². The molecule has 2 aromatic rings. The maximum Gasteiger partial charge on any atom is 0.227 e. The molecular weight excluding hydrogens is 296 g/mol. The number of nitrogens with one attached hydrogen (secondary N) is 1. The van der Waals surface area contributed by atoms with Crippen molar-refractivity contribution in [3.05, 3.63) is 47.1 Å². The molecule has 1 aliphatic rings. The minimum Gasteiger partial charge on any atom is -0.370 e. The van der Waals surface area contributed by atoms with E-state index in [1.165, 1.54) is 24.8 Å². The third kappa shape index (κ3) is 4.10. The quantitative estimate of drug-likeness (QED) is 0.911. The molecule has 0 bridgehead atoms. The van der Waals surface area contributed by atoms with Crippen molar-refractivity contribution in [2.24, 2.45) is 0 Å². The Bertz CT molecular complexity index is 611. The fourth-order valence-electron chi connectivity index (χ4n) is 2.72. The van der Waals surface area contributed by atoms with Crippen LogP contribution in [0.5, 0.6) is 0 Å². The van der Waals surface area contributed by atoms with Crippen LogP contribution in [0.4, 0.5) is 11.8 Å². The molecule has 0 aliphatic carbocycles. The fraction of sp³-hybridized carbons (Fsp3) is 0.412. The second kappa shape index (κ2) is 7.45. The maximum absolute atomic E-state index is 6.00. The summed E-state index contributed by atoms with van der Waals surface area (Å²) in [5.74, 6) is 1.73. The monoisotopic (exact) mass is 316 g/mol. The Morgan fingerprint density at radius 1 is 1.14 bits per heavy atom. The van der Waals surface area contributed by atoms with Crippen molar-refractivity contribution in [1.29, 1.82) is 0 Å². The molecule has 4 nitrogen and oxygen atoms in total. The van der Waals surface area contributed by atoms with E-state index in [0.29, 0.717) is 0 Å². The van der Waals surface area contributed by atoms with Crippen molar-refractivity contribution in [3.63, 3.8) is 0 Å². The van der Waals surface area contributed by atoms with Crippen molar-refractivity contribution < 1.29 is 0 Å². The predicted octanol–water partition coefficient (Wildman–Crippen LogP) is 3.77. The number of halogens is 1. The van der Waals surface area contributed by atoms with E-state index in [1.807, 2.05) is 30.5 Å². The number of benzene rings is 1. The smallest absolute Gasteiger partial charge is 0.227 e. The second-order valence-corrected chi connectivity index (χ2v) is 6.03. The number of hydrogen-bond acceptors (Lipinski definition) is 4. The highest BCUT2D eigenvalue weighted by molar-refractivity contribution is 6.30. The Balaban J connectivity index is 1.56. The van der Waals surface area contributed by atoms with Crippen LogP contribution < -0.4 is 10.2 Å². The Morgan fingerprint density at radius 3 is 2.82 bits per heavy atom. The molecule has 22 heavy (non-hydrogen) atoms. The Kier molecular flexibility index (Phi) is 5.11. The first kappa shape index (κ1) is 15.1. The zero-order chi connectivity index (χ0) is 15.2. The van der Waals surface area contributed by atoms with E-state index >= 15 is 0 Å². The van der Waals surface area contributed by atoms with E-state index in [-0.39, 0.29) is 0 Å². The summed E-state index contributed by atoms with van der Waals surface area (Å²) in [6, 6.07) is 9.89. The molecule has 0 saturated carbocycles. The molecular formula is C17H21ClN4. The molecule has 5 heteroatoms.